The van der Waals surface area contributed by atoms with Crippen molar-refractivity contribution in [3.63, 3.8) is 0 Å². The largest absolute Gasteiger partial charge is 0.496 e. The van der Waals surface area contributed by atoms with E-state index in [1.807, 2.05) is 20.0 Å². The topological polar surface area (TPSA) is 34.2 Å². The first-order valence-corrected chi connectivity index (χ1v) is 6.08. The highest BCUT2D eigenvalue weighted by Gasteiger charge is 2.19. The van der Waals surface area contributed by atoms with E-state index in [0.29, 0.717) is 5.75 Å². The van der Waals surface area contributed by atoms with E-state index in [-0.39, 0.29) is 11.9 Å². The van der Waals surface area contributed by atoms with Crippen molar-refractivity contribution < 1.29 is 9.13 Å². The number of ether oxygens (including phenoxy) is 1. The van der Waals surface area contributed by atoms with Crippen molar-refractivity contribution in [2.24, 2.45) is 0 Å². The number of benzene rings is 1. The van der Waals surface area contributed by atoms with Gasteiger partial charge in [0.1, 0.15) is 11.6 Å². The Balaban J connectivity index is 2.54. The molecule has 0 radical (unpaired) electrons. The van der Waals surface area contributed by atoms with Crippen LogP contribution in [0, 0.1) is 12.7 Å². The van der Waals surface area contributed by atoms with E-state index >= 15 is 0 Å². The first-order valence-electron chi connectivity index (χ1n) is 6.08. The Morgan fingerprint density at radius 1 is 1.26 bits per heavy atom. The zero-order valence-corrected chi connectivity index (χ0v) is 11.3. The minimum atomic E-state index is -0.280. The van der Waals surface area contributed by atoms with E-state index in [1.165, 1.54) is 12.1 Å². The minimum Gasteiger partial charge on any atom is -0.496 e. The average molecular weight is 260 g/mol. The highest BCUT2D eigenvalue weighted by atomic mass is 19.1. The summed E-state index contributed by atoms with van der Waals surface area (Å²) in [4.78, 5) is 4.14. The average Bonchev–Trinajstić information content (AvgIpc) is 2.42. The fourth-order valence-corrected chi connectivity index (χ4v) is 2.19. The Hall–Kier alpha value is -1.94. The molecule has 2 rings (SSSR count). The van der Waals surface area contributed by atoms with Gasteiger partial charge in [-0.25, -0.2) is 4.39 Å². The van der Waals surface area contributed by atoms with Crippen LogP contribution < -0.4 is 10.1 Å². The Bertz CT molecular complexity index is 572. The maximum absolute atomic E-state index is 13.5. The second-order valence-electron chi connectivity index (χ2n) is 4.34. The molecule has 4 heteroatoms. The number of rotatable bonds is 4. The lowest BCUT2D eigenvalue weighted by Gasteiger charge is -2.21. The molecule has 1 aromatic heterocycles. The first kappa shape index (κ1) is 13.5. The number of nitrogens with one attached hydrogen (secondary N) is 1. The van der Waals surface area contributed by atoms with Crippen molar-refractivity contribution in [1.82, 2.24) is 10.3 Å². The number of halogens is 1. The van der Waals surface area contributed by atoms with Gasteiger partial charge < -0.3 is 10.1 Å². The number of methoxy groups -OCH3 is 1. The molecule has 0 amide bonds. The minimum absolute atomic E-state index is 0.153. The molecule has 1 heterocycles. The lowest BCUT2D eigenvalue weighted by Crippen LogP contribution is -2.19. The predicted octanol–water partition coefficient (Wildman–Crippen LogP) is 2.85. The molecule has 0 spiro atoms. The molecule has 100 valence electrons. The smallest absolute Gasteiger partial charge is 0.124 e. The van der Waals surface area contributed by atoms with Gasteiger partial charge in [0.2, 0.25) is 0 Å². The number of aromatic nitrogens is 1. The van der Waals surface area contributed by atoms with Crippen molar-refractivity contribution in [2.45, 2.75) is 13.0 Å². The molecule has 0 aliphatic carbocycles. The Labute approximate surface area is 112 Å². The summed E-state index contributed by atoms with van der Waals surface area (Å²) >= 11 is 0. The van der Waals surface area contributed by atoms with Gasteiger partial charge in [-0.15, -0.1) is 0 Å². The quantitative estimate of drug-likeness (QED) is 0.918. The van der Waals surface area contributed by atoms with E-state index in [1.54, 1.807) is 25.6 Å². The van der Waals surface area contributed by atoms with E-state index in [2.05, 4.69) is 10.3 Å². The summed E-state index contributed by atoms with van der Waals surface area (Å²) in [5, 5.41) is 3.19. The maximum atomic E-state index is 13.5. The first-order chi connectivity index (χ1) is 9.17. The van der Waals surface area contributed by atoms with Gasteiger partial charge in [0.15, 0.2) is 0 Å². The molecule has 19 heavy (non-hydrogen) atoms. The van der Waals surface area contributed by atoms with Gasteiger partial charge in [0.25, 0.3) is 0 Å². The molecule has 3 nitrogen and oxygen atoms in total. The lowest BCUT2D eigenvalue weighted by molar-refractivity contribution is 0.403. The van der Waals surface area contributed by atoms with Crippen molar-refractivity contribution in [3.8, 4) is 5.75 Å². The number of pyridine rings is 1. The molecular weight excluding hydrogens is 243 g/mol. The van der Waals surface area contributed by atoms with Gasteiger partial charge in [-0.1, -0.05) is 0 Å². The van der Waals surface area contributed by atoms with Crippen LogP contribution in [0.2, 0.25) is 0 Å². The number of hydrogen-bond donors (Lipinski definition) is 1. The monoisotopic (exact) mass is 260 g/mol. The van der Waals surface area contributed by atoms with Crippen LogP contribution in [0.15, 0.2) is 36.7 Å². The van der Waals surface area contributed by atoms with Gasteiger partial charge in [-0.2, -0.15) is 0 Å². The summed E-state index contributed by atoms with van der Waals surface area (Å²) in [6.07, 6.45) is 3.54. The van der Waals surface area contributed by atoms with Crippen molar-refractivity contribution in [2.75, 3.05) is 14.2 Å². The zero-order chi connectivity index (χ0) is 13.8. The van der Waals surface area contributed by atoms with Gasteiger partial charge in [-0.3, -0.25) is 4.98 Å². The van der Waals surface area contributed by atoms with Crippen LogP contribution in [0.1, 0.15) is 22.7 Å². The molecule has 0 aliphatic heterocycles. The molecule has 0 fully saturated rings. The Kier molecular flexibility index (Phi) is 4.12. The third kappa shape index (κ3) is 2.74. The fraction of sp³-hybridized carbons (Fsp3) is 0.267. The predicted molar refractivity (Wildman–Crippen MR) is 72.8 cm³/mol. The number of nitrogens with zero attached hydrogens (tertiary/aromatic N) is 1. The second-order valence-corrected chi connectivity index (χ2v) is 4.34. The summed E-state index contributed by atoms with van der Waals surface area (Å²) in [5.41, 5.74) is 2.87. The van der Waals surface area contributed by atoms with Crippen molar-refractivity contribution >= 4 is 0 Å². The van der Waals surface area contributed by atoms with Gasteiger partial charge >= 0.3 is 0 Å². The van der Waals surface area contributed by atoms with Crippen molar-refractivity contribution in [1.29, 1.82) is 0 Å². The van der Waals surface area contributed by atoms with Gasteiger partial charge in [-0.05, 0) is 49.4 Å². The van der Waals surface area contributed by atoms with E-state index in [9.17, 15) is 4.39 Å². The van der Waals surface area contributed by atoms with E-state index in [0.717, 1.165) is 16.7 Å². The van der Waals surface area contributed by atoms with Crippen LogP contribution in [0.5, 0.6) is 5.75 Å². The Morgan fingerprint density at radius 2 is 2.05 bits per heavy atom. The maximum Gasteiger partial charge on any atom is 0.124 e. The molecule has 0 saturated heterocycles. The molecule has 2 aromatic rings. The normalized spacial score (nSPS) is 12.2. The van der Waals surface area contributed by atoms with Crippen LogP contribution in [0.4, 0.5) is 4.39 Å². The summed E-state index contributed by atoms with van der Waals surface area (Å²) in [6, 6.07) is 6.31. The van der Waals surface area contributed by atoms with E-state index < -0.39 is 0 Å². The van der Waals surface area contributed by atoms with Crippen LogP contribution in [0.3, 0.4) is 0 Å². The van der Waals surface area contributed by atoms with Crippen LogP contribution in [-0.4, -0.2) is 19.1 Å². The lowest BCUT2D eigenvalue weighted by atomic mass is 9.96. The summed E-state index contributed by atoms with van der Waals surface area (Å²) in [5.74, 6) is 0.376. The summed E-state index contributed by atoms with van der Waals surface area (Å²) in [7, 11) is 3.42. The molecule has 1 aromatic carbocycles. The molecule has 0 saturated carbocycles. The van der Waals surface area contributed by atoms with Gasteiger partial charge in [0, 0.05) is 18.0 Å². The van der Waals surface area contributed by atoms with Crippen molar-refractivity contribution in [3.05, 3.63) is 59.2 Å². The summed E-state index contributed by atoms with van der Waals surface area (Å²) < 4.78 is 18.8. The Morgan fingerprint density at radius 3 is 2.68 bits per heavy atom. The number of aryl methyl sites for hydroxylation is 1. The molecular formula is C15H17FN2O. The zero-order valence-electron chi connectivity index (χ0n) is 11.3. The van der Waals surface area contributed by atoms with E-state index in [4.69, 9.17) is 4.74 Å². The number of hydrogen-bond acceptors (Lipinski definition) is 3. The standard InChI is InChI=1S/C15H17FN2O/c1-10-6-7-18-9-13(10)15(17-2)12-8-11(16)4-5-14(12)19-3/h4-9,15,17H,1-3H3. The van der Waals surface area contributed by atoms with Crippen LogP contribution >= 0.6 is 0 Å². The summed E-state index contributed by atoms with van der Waals surface area (Å²) in [6.45, 7) is 2.01. The highest BCUT2D eigenvalue weighted by molar-refractivity contribution is 5.43. The molecule has 1 unspecified atom stereocenters. The molecule has 1 atom stereocenters. The molecule has 0 bridgehead atoms. The second kappa shape index (κ2) is 5.80. The highest BCUT2D eigenvalue weighted by Crippen LogP contribution is 2.31. The molecule has 1 N–H and O–H groups in total. The third-order valence-corrected chi connectivity index (χ3v) is 3.18. The van der Waals surface area contributed by atoms with Gasteiger partial charge in [0.05, 0.1) is 13.2 Å². The molecule has 0 aliphatic rings. The van der Waals surface area contributed by atoms with Crippen LogP contribution in [0.25, 0.3) is 0 Å². The third-order valence-electron chi connectivity index (χ3n) is 3.18. The SMILES string of the molecule is CNC(c1cnccc1C)c1cc(F)ccc1OC. The van der Waals surface area contributed by atoms with Crippen LogP contribution in [-0.2, 0) is 0 Å². The fourth-order valence-electron chi connectivity index (χ4n) is 2.19.